The number of ether oxygens (including phenoxy) is 1. The monoisotopic (exact) mass is 174 g/mol. The third kappa shape index (κ3) is 6.58. The van der Waals surface area contributed by atoms with Gasteiger partial charge in [-0.3, -0.25) is 0 Å². The van der Waals surface area contributed by atoms with E-state index in [2.05, 4.69) is 31.1 Å². The fraction of sp³-hybridized carbons (Fsp3) is 1.00. The predicted octanol–water partition coefficient (Wildman–Crippen LogP) is 0.563. The van der Waals surface area contributed by atoms with Crippen LogP contribution in [-0.4, -0.2) is 51.3 Å². The Labute approximate surface area is 76.1 Å². The van der Waals surface area contributed by atoms with E-state index in [0.717, 1.165) is 26.2 Å². The first-order valence-electron chi connectivity index (χ1n) is 4.58. The standard InChI is InChI=1S/C9H22N2O/c1-9(2)11(3)7-5-10-6-8-12-4/h9-10H,5-8H2,1-4H3. The molecule has 0 radical (unpaired) electrons. The van der Waals surface area contributed by atoms with Crippen molar-refractivity contribution in [3.63, 3.8) is 0 Å². The molecular weight excluding hydrogens is 152 g/mol. The summed E-state index contributed by atoms with van der Waals surface area (Å²) in [5.74, 6) is 0. The molecule has 0 amide bonds. The van der Waals surface area contributed by atoms with Crippen LogP contribution in [0.5, 0.6) is 0 Å². The first kappa shape index (κ1) is 11.9. The van der Waals surface area contributed by atoms with Gasteiger partial charge in [0.1, 0.15) is 0 Å². The molecule has 0 aliphatic rings. The molecule has 0 atom stereocenters. The Morgan fingerprint density at radius 2 is 2.00 bits per heavy atom. The Kier molecular flexibility index (Phi) is 7.45. The zero-order valence-corrected chi connectivity index (χ0v) is 8.76. The van der Waals surface area contributed by atoms with Crippen molar-refractivity contribution in [2.24, 2.45) is 0 Å². The van der Waals surface area contributed by atoms with Crippen LogP contribution in [0.25, 0.3) is 0 Å². The Morgan fingerprint density at radius 3 is 2.50 bits per heavy atom. The van der Waals surface area contributed by atoms with E-state index < -0.39 is 0 Å². The van der Waals surface area contributed by atoms with E-state index in [-0.39, 0.29) is 0 Å². The number of nitrogens with one attached hydrogen (secondary N) is 1. The van der Waals surface area contributed by atoms with E-state index in [0.29, 0.717) is 6.04 Å². The van der Waals surface area contributed by atoms with E-state index in [4.69, 9.17) is 4.74 Å². The van der Waals surface area contributed by atoms with Crippen molar-refractivity contribution in [1.82, 2.24) is 10.2 Å². The fourth-order valence-corrected chi connectivity index (χ4v) is 0.813. The lowest BCUT2D eigenvalue weighted by atomic mass is 10.3. The van der Waals surface area contributed by atoms with Crippen molar-refractivity contribution < 1.29 is 4.74 Å². The maximum atomic E-state index is 4.92. The molecule has 0 heterocycles. The first-order valence-corrected chi connectivity index (χ1v) is 4.58. The highest BCUT2D eigenvalue weighted by molar-refractivity contribution is 4.58. The molecule has 0 bridgehead atoms. The molecule has 0 rings (SSSR count). The molecule has 0 fully saturated rings. The van der Waals surface area contributed by atoms with Gasteiger partial charge in [0.2, 0.25) is 0 Å². The largest absolute Gasteiger partial charge is 0.383 e. The smallest absolute Gasteiger partial charge is 0.0587 e. The third-order valence-electron chi connectivity index (χ3n) is 2.01. The van der Waals surface area contributed by atoms with Crippen LogP contribution in [0, 0.1) is 0 Å². The van der Waals surface area contributed by atoms with E-state index in [1.165, 1.54) is 0 Å². The Balaban J connectivity index is 3.08. The summed E-state index contributed by atoms with van der Waals surface area (Å²) in [5.41, 5.74) is 0. The number of likely N-dealkylation sites (N-methyl/N-ethyl adjacent to an activating group) is 1. The average Bonchev–Trinajstić information content (AvgIpc) is 2.03. The molecule has 0 saturated heterocycles. The summed E-state index contributed by atoms with van der Waals surface area (Å²) in [6.07, 6.45) is 0. The highest BCUT2D eigenvalue weighted by atomic mass is 16.5. The summed E-state index contributed by atoms with van der Waals surface area (Å²) in [6, 6.07) is 0.634. The third-order valence-corrected chi connectivity index (χ3v) is 2.01. The molecule has 0 spiro atoms. The van der Waals surface area contributed by atoms with Gasteiger partial charge in [-0.1, -0.05) is 0 Å². The van der Waals surface area contributed by atoms with Crippen LogP contribution in [0.15, 0.2) is 0 Å². The number of hydrogen-bond donors (Lipinski definition) is 1. The highest BCUT2D eigenvalue weighted by Crippen LogP contribution is 1.90. The quantitative estimate of drug-likeness (QED) is 0.571. The van der Waals surface area contributed by atoms with Crippen LogP contribution < -0.4 is 5.32 Å². The van der Waals surface area contributed by atoms with E-state index in [1.54, 1.807) is 7.11 Å². The number of nitrogens with zero attached hydrogens (tertiary/aromatic N) is 1. The summed E-state index contributed by atoms with van der Waals surface area (Å²) in [5, 5.41) is 3.31. The van der Waals surface area contributed by atoms with Crippen LogP contribution in [-0.2, 0) is 4.74 Å². The van der Waals surface area contributed by atoms with Gasteiger partial charge in [-0.15, -0.1) is 0 Å². The lowest BCUT2D eigenvalue weighted by Gasteiger charge is -2.20. The zero-order valence-electron chi connectivity index (χ0n) is 8.76. The lowest BCUT2D eigenvalue weighted by Crippen LogP contribution is -2.34. The molecule has 0 aliphatic heterocycles. The molecule has 0 aromatic rings. The van der Waals surface area contributed by atoms with Crippen LogP contribution in [0.1, 0.15) is 13.8 Å². The summed E-state index contributed by atoms with van der Waals surface area (Å²) in [6.45, 7) is 8.29. The van der Waals surface area contributed by atoms with Gasteiger partial charge in [-0.25, -0.2) is 0 Å². The predicted molar refractivity (Wildman–Crippen MR) is 52.5 cm³/mol. The topological polar surface area (TPSA) is 24.5 Å². The van der Waals surface area contributed by atoms with E-state index >= 15 is 0 Å². The van der Waals surface area contributed by atoms with Crippen LogP contribution in [0.4, 0.5) is 0 Å². The van der Waals surface area contributed by atoms with Gasteiger partial charge in [-0.05, 0) is 20.9 Å². The van der Waals surface area contributed by atoms with E-state index in [1.807, 2.05) is 0 Å². The van der Waals surface area contributed by atoms with E-state index in [9.17, 15) is 0 Å². The molecule has 12 heavy (non-hydrogen) atoms. The van der Waals surface area contributed by atoms with Gasteiger partial charge in [0.15, 0.2) is 0 Å². The molecule has 3 nitrogen and oxygen atoms in total. The number of hydrogen-bond acceptors (Lipinski definition) is 3. The average molecular weight is 174 g/mol. The highest BCUT2D eigenvalue weighted by Gasteiger charge is 2.00. The van der Waals surface area contributed by atoms with Crippen molar-refractivity contribution in [2.75, 3.05) is 40.4 Å². The second-order valence-electron chi connectivity index (χ2n) is 3.32. The van der Waals surface area contributed by atoms with Gasteiger partial charge in [0.25, 0.3) is 0 Å². The first-order chi connectivity index (χ1) is 5.68. The molecule has 0 unspecified atom stereocenters. The summed E-state index contributed by atoms with van der Waals surface area (Å²) >= 11 is 0. The SMILES string of the molecule is COCCNCCN(C)C(C)C. The van der Waals surface area contributed by atoms with Crippen LogP contribution >= 0.6 is 0 Å². The molecule has 0 aliphatic carbocycles. The number of methoxy groups -OCH3 is 1. The summed E-state index contributed by atoms with van der Waals surface area (Å²) in [4.78, 5) is 2.32. The molecule has 0 saturated carbocycles. The Bertz CT molecular complexity index is 96.5. The van der Waals surface area contributed by atoms with Crippen molar-refractivity contribution in [3.8, 4) is 0 Å². The normalized spacial score (nSPS) is 11.5. The molecule has 3 heteroatoms. The second kappa shape index (κ2) is 7.53. The molecule has 74 valence electrons. The number of rotatable bonds is 7. The minimum atomic E-state index is 0.634. The van der Waals surface area contributed by atoms with Gasteiger partial charge < -0.3 is 15.0 Å². The van der Waals surface area contributed by atoms with Crippen molar-refractivity contribution in [1.29, 1.82) is 0 Å². The minimum Gasteiger partial charge on any atom is -0.383 e. The van der Waals surface area contributed by atoms with Crippen molar-refractivity contribution in [2.45, 2.75) is 19.9 Å². The maximum Gasteiger partial charge on any atom is 0.0587 e. The van der Waals surface area contributed by atoms with Gasteiger partial charge >= 0.3 is 0 Å². The van der Waals surface area contributed by atoms with Crippen molar-refractivity contribution in [3.05, 3.63) is 0 Å². The zero-order chi connectivity index (χ0) is 9.40. The van der Waals surface area contributed by atoms with Gasteiger partial charge in [0.05, 0.1) is 6.61 Å². The summed E-state index contributed by atoms with van der Waals surface area (Å²) in [7, 11) is 3.87. The fourth-order valence-electron chi connectivity index (χ4n) is 0.813. The minimum absolute atomic E-state index is 0.634. The van der Waals surface area contributed by atoms with Crippen LogP contribution in [0.2, 0.25) is 0 Å². The lowest BCUT2D eigenvalue weighted by molar-refractivity contribution is 0.196. The van der Waals surface area contributed by atoms with Crippen molar-refractivity contribution >= 4 is 0 Å². The van der Waals surface area contributed by atoms with Gasteiger partial charge in [-0.2, -0.15) is 0 Å². The molecule has 0 aromatic carbocycles. The Hall–Kier alpha value is -0.120. The molecule has 1 N–H and O–H groups in total. The second-order valence-corrected chi connectivity index (χ2v) is 3.32. The summed E-state index contributed by atoms with van der Waals surface area (Å²) < 4.78 is 4.92. The maximum absolute atomic E-state index is 4.92. The molecular formula is C9H22N2O. The van der Waals surface area contributed by atoms with Gasteiger partial charge in [0, 0.05) is 32.8 Å². The Morgan fingerprint density at radius 1 is 1.33 bits per heavy atom. The van der Waals surface area contributed by atoms with Crippen LogP contribution in [0.3, 0.4) is 0 Å². The molecule has 0 aromatic heterocycles.